The smallest absolute Gasteiger partial charge is 0.146 e. The van der Waals surface area contributed by atoms with Gasteiger partial charge in [-0.25, -0.2) is 4.99 Å². The lowest BCUT2D eigenvalue weighted by atomic mass is 10.6. The Kier molecular flexibility index (Phi) is 4.91. The van der Waals surface area contributed by atoms with E-state index in [1.54, 1.807) is 12.5 Å². The molecule has 2 aliphatic heterocycles. The Labute approximate surface area is 71.6 Å². The maximum Gasteiger partial charge on any atom is 0.146 e. The monoisotopic (exact) mass is 168 g/mol. The number of nitrogens with one attached hydrogen (secondary N) is 1. The first-order chi connectivity index (χ1) is 6.00. The summed E-state index contributed by atoms with van der Waals surface area (Å²) in [6, 6.07) is 0. The Hall–Kier alpha value is -1.13. The largest absolute Gasteiger partial charge is 0.353 e. The molecule has 0 aromatic heterocycles. The molecule has 0 aromatic carbocycles. The van der Waals surface area contributed by atoms with Crippen LogP contribution in [0.3, 0.4) is 0 Å². The van der Waals surface area contributed by atoms with E-state index in [2.05, 4.69) is 10.3 Å². The fourth-order valence-corrected chi connectivity index (χ4v) is 0.634. The molecular weight excluding hydrogens is 156 g/mol. The van der Waals surface area contributed by atoms with E-state index < -0.39 is 0 Å². The third-order valence-corrected chi connectivity index (χ3v) is 1.16. The van der Waals surface area contributed by atoms with Crippen molar-refractivity contribution in [2.75, 3.05) is 20.0 Å². The quantitative estimate of drug-likeness (QED) is 0.577. The van der Waals surface area contributed by atoms with Crippen LogP contribution in [-0.2, 0) is 9.47 Å². The van der Waals surface area contributed by atoms with Crippen molar-refractivity contribution in [2.24, 2.45) is 4.99 Å². The summed E-state index contributed by atoms with van der Waals surface area (Å²) < 4.78 is 9.44. The molecule has 0 spiro atoms. The van der Waals surface area contributed by atoms with Crippen LogP contribution in [0, 0.1) is 0 Å². The Morgan fingerprint density at radius 1 is 1.17 bits per heavy atom. The van der Waals surface area contributed by atoms with Gasteiger partial charge in [-0.15, -0.1) is 0 Å². The lowest BCUT2D eigenvalue weighted by Crippen LogP contribution is -1.96. The first kappa shape index (κ1) is 8.96. The van der Waals surface area contributed by atoms with Gasteiger partial charge >= 0.3 is 0 Å². The van der Waals surface area contributed by atoms with E-state index in [0.717, 1.165) is 13.2 Å². The summed E-state index contributed by atoms with van der Waals surface area (Å²) in [5.41, 5.74) is 0. The summed E-state index contributed by atoms with van der Waals surface area (Å²) in [7, 11) is 0. The van der Waals surface area contributed by atoms with Crippen LogP contribution in [0.2, 0.25) is 0 Å². The van der Waals surface area contributed by atoms with E-state index in [-0.39, 0.29) is 0 Å². The maximum absolute atomic E-state index is 4.72. The van der Waals surface area contributed by atoms with Crippen LogP contribution in [0.5, 0.6) is 0 Å². The van der Waals surface area contributed by atoms with Gasteiger partial charge in [0.05, 0.1) is 19.6 Å². The molecule has 0 aliphatic carbocycles. The standard InChI is InChI=1S/C5H6N2.C3H6O2/c1-2-4-7-5-6-3-1;1-2-5-3-4-1/h1-5H,(H,6,7);1-3H2. The fourth-order valence-electron chi connectivity index (χ4n) is 0.634. The average molecular weight is 168 g/mol. The van der Waals surface area contributed by atoms with Crippen molar-refractivity contribution < 1.29 is 9.47 Å². The van der Waals surface area contributed by atoms with E-state index in [1.165, 1.54) is 0 Å². The van der Waals surface area contributed by atoms with E-state index in [0.29, 0.717) is 6.79 Å². The van der Waals surface area contributed by atoms with Crippen molar-refractivity contribution in [3.05, 3.63) is 24.6 Å². The molecule has 0 aromatic rings. The summed E-state index contributed by atoms with van der Waals surface area (Å²) in [6.07, 6.45) is 8.90. The van der Waals surface area contributed by atoms with Crippen molar-refractivity contribution in [3.8, 4) is 0 Å². The average Bonchev–Trinajstić information content (AvgIpc) is 2.54. The van der Waals surface area contributed by atoms with Crippen molar-refractivity contribution in [1.29, 1.82) is 0 Å². The molecule has 0 saturated carbocycles. The number of aliphatic imine (C=N–C) groups is 1. The van der Waals surface area contributed by atoms with Gasteiger partial charge in [-0.3, -0.25) is 0 Å². The minimum Gasteiger partial charge on any atom is -0.353 e. The Morgan fingerprint density at radius 3 is 2.67 bits per heavy atom. The fraction of sp³-hybridized carbons (Fsp3) is 0.375. The highest BCUT2D eigenvalue weighted by Crippen LogP contribution is 1.85. The van der Waals surface area contributed by atoms with Gasteiger partial charge < -0.3 is 14.8 Å². The Morgan fingerprint density at radius 2 is 2.00 bits per heavy atom. The van der Waals surface area contributed by atoms with Gasteiger partial charge in [0.15, 0.2) is 0 Å². The zero-order chi connectivity index (χ0) is 8.49. The normalized spacial score (nSPS) is 19.3. The molecule has 66 valence electrons. The minimum atomic E-state index is 0.500. The van der Waals surface area contributed by atoms with Gasteiger partial charge in [0.25, 0.3) is 0 Å². The van der Waals surface area contributed by atoms with Crippen LogP contribution in [0.1, 0.15) is 0 Å². The van der Waals surface area contributed by atoms with Crippen LogP contribution in [0.15, 0.2) is 29.5 Å². The molecule has 2 aliphatic rings. The number of nitrogens with zero attached hydrogens (tertiary/aromatic N) is 1. The van der Waals surface area contributed by atoms with Gasteiger partial charge in [-0.2, -0.15) is 0 Å². The lowest BCUT2D eigenvalue weighted by molar-refractivity contribution is 0.0692. The van der Waals surface area contributed by atoms with Crippen molar-refractivity contribution in [3.63, 3.8) is 0 Å². The van der Waals surface area contributed by atoms with Crippen LogP contribution in [0.4, 0.5) is 0 Å². The minimum absolute atomic E-state index is 0.500. The second-order valence-electron chi connectivity index (χ2n) is 2.08. The topological polar surface area (TPSA) is 42.9 Å². The van der Waals surface area contributed by atoms with Gasteiger partial charge in [-0.1, -0.05) is 0 Å². The number of hydrogen-bond acceptors (Lipinski definition) is 4. The van der Waals surface area contributed by atoms with Gasteiger partial charge in [0.1, 0.15) is 6.79 Å². The summed E-state index contributed by atoms with van der Waals surface area (Å²) >= 11 is 0. The number of allylic oxidation sites excluding steroid dienone is 2. The summed E-state index contributed by atoms with van der Waals surface area (Å²) in [4.78, 5) is 3.79. The first-order valence-electron chi connectivity index (χ1n) is 3.75. The second-order valence-corrected chi connectivity index (χ2v) is 2.08. The van der Waals surface area contributed by atoms with Gasteiger partial charge in [0.2, 0.25) is 0 Å². The molecule has 1 saturated heterocycles. The van der Waals surface area contributed by atoms with E-state index in [9.17, 15) is 0 Å². The van der Waals surface area contributed by atoms with Crippen LogP contribution in [-0.4, -0.2) is 26.3 Å². The summed E-state index contributed by atoms with van der Waals surface area (Å²) in [6.45, 7) is 2.06. The van der Waals surface area contributed by atoms with Gasteiger partial charge in [0, 0.05) is 12.4 Å². The molecule has 0 radical (unpaired) electrons. The molecule has 0 amide bonds. The Balaban J connectivity index is 0.000000127. The molecule has 0 unspecified atom stereocenters. The Bertz CT molecular complexity index is 162. The molecule has 2 heterocycles. The predicted octanol–water partition coefficient (Wildman–Crippen LogP) is 0.636. The highest BCUT2D eigenvalue weighted by Gasteiger charge is 1.93. The molecule has 4 nitrogen and oxygen atoms in total. The second kappa shape index (κ2) is 6.57. The number of hydrogen-bond donors (Lipinski definition) is 1. The third-order valence-electron chi connectivity index (χ3n) is 1.16. The SMILES string of the molecule is C1=CN=CNC=C1.C1COCO1. The molecule has 0 bridgehead atoms. The number of ether oxygens (including phenoxy) is 2. The molecule has 12 heavy (non-hydrogen) atoms. The summed E-state index contributed by atoms with van der Waals surface area (Å²) in [5, 5.41) is 2.81. The lowest BCUT2D eigenvalue weighted by Gasteiger charge is -1.77. The highest BCUT2D eigenvalue weighted by molar-refractivity contribution is 5.57. The predicted molar refractivity (Wildman–Crippen MR) is 46.7 cm³/mol. The van der Waals surface area contributed by atoms with Crippen LogP contribution < -0.4 is 5.32 Å². The highest BCUT2D eigenvalue weighted by atomic mass is 16.7. The zero-order valence-corrected chi connectivity index (χ0v) is 6.77. The van der Waals surface area contributed by atoms with Crippen molar-refractivity contribution in [1.82, 2.24) is 5.32 Å². The summed E-state index contributed by atoms with van der Waals surface area (Å²) in [5.74, 6) is 0. The van der Waals surface area contributed by atoms with Crippen molar-refractivity contribution in [2.45, 2.75) is 0 Å². The van der Waals surface area contributed by atoms with E-state index >= 15 is 0 Å². The number of rotatable bonds is 0. The molecule has 1 N–H and O–H groups in total. The molecule has 2 rings (SSSR count). The zero-order valence-electron chi connectivity index (χ0n) is 6.77. The third kappa shape index (κ3) is 4.65. The van der Waals surface area contributed by atoms with Gasteiger partial charge in [-0.05, 0) is 12.2 Å². The molecule has 0 atom stereocenters. The van der Waals surface area contributed by atoms with E-state index in [4.69, 9.17) is 9.47 Å². The molecule has 4 heteroatoms. The molecule has 1 fully saturated rings. The maximum atomic E-state index is 4.72. The van der Waals surface area contributed by atoms with E-state index in [1.807, 2.05) is 18.4 Å². The van der Waals surface area contributed by atoms with Crippen LogP contribution >= 0.6 is 0 Å². The molecular formula is C8H12N2O2. The van der Waals surface area contributed by atoms with Crippen molar-refractivity contribution >= 4 is 6.34 Å². The van der Waals surface area contributed by atoms with Crippen LogP contribution in [0.25, 0.3) is 0 Å². The first-order valence-corrected chi connectivity index (χ1v) is 3.75.